The zero-order valence-electron chi connectivity index (χ0n) is 16.1. The number of aliphatic hydroxyl groups is 1. The Labute approximate surface area is 166 Å². The van der Waals surface area contributed by atoms with Crippen molar-refractivity contribution >= 4 is 34.0 Å². The third-order valence-corrected chi connectivity index (χ3v) is 5.42. The molecule has 0 bridgehead atoms. The molecule has 140 valence electrons. The molecule has 3 rings (SSSR count). The van der Waals surface area contributed by atoms with Crippen LogP contribution in [0.4, 0.5) is 0 Å². The molecule has 27 heavy (non-hydrogen) atoms. The van der Waals surface area contributed by atoms with Gasteiger partial charge in [0.2, 0.25) is 0 Å². The first kappa shape index (κ1) is 19.6. The van der Waals surface area contributed by atoms with Crippen LogP contribution in [0.1, 0.15) is 44.7 Å². The second kappa shape index (κ2) is 8.24. The summed E-state index contributed by atoms with van der Waals surface area (Å²) in [6.45, 7) is 6.36. The minimum atomic E-state index is -0.652. The molecule has 0 fully saturated rings. The van der Waals surface area contributed by atoms with Crippen molar-refractivity contribution in [2.24, 2.45) is 5.41 Å². The lowest BCUT2D eigenvalue weighted by Gasteiger charge is -2.33. The van der Waals surface area contributed by atoms with Crippen LogP contribution in [-0.4, -0.2) is 16.2 Å². The van der Waals surface area contributed by atoms with Gasteiger partial charge in [0.1, 0.15) is 0 Å². The fourth-order valence-corrected chi connectivity index (χ4v) is 3.94. The van der Waals surface area contributed by atoms with Crippen molar-refractivity contribution in [3.63, 3.8) is 0 Å². The molecular weight excluding hydrogens is 354 g/mol. The van der Waals surface area contributed by atoms with E-state index >= 15 is 0 Å². The Balaban J connectivity index is 2.26. The number of hydrogen-bond acceptors (Lipinski definition) is 2. The monoisotopic (exact) mass is 379 g/mol. The molecule has 0 aliphatic heterocycles. The second-order valence-electron chi connectivity index (χ2n) is 7.67. The Morgan fingerprint density at radius 2 is 1.93 bits per heavy atom. The van der Waals surface area contributed by atoms with Crippen molar-refractivity contribution in [2.75, 3.05) is 0 Å². The van der Waals surface area contributed by atoms with Gasteiger partial charge in [0.05, 0.1) is 6.10 Å². The van der Waals surface area contributed by atoms with Crippen molar-refractivity contribution in [2.45, 2.75) is 39.7 Å². The van der Waals surface area contributed by atoms with Gasteiger partial charge >= 0.3 is 0 Å². The third kappa shape index (κ3) is 4.23. The normalized spacial score (nSPS) is 13.7. The van der Waals surface area contributed by atoms with Crippen LogP contribution in [-0.2, 0) is 0 Å². The van der Waals surface area contributed by atoms with Crippen LogP contribution in [0.5, 0.6) is 0 Å². The largest absolute Gasteiger partial charge is 0.388 e. The van der Waals surface area contributed by atoms with E-state index in [4.69, 9.17) is 11.6 Å². The van der Waals surface area contributed by atoms with E-state index in [0.29, 0.717) is 5.02 Å². The highest BCUT2D eigenvalue weighted by atomic mass is 35.5. The molecule has 3 heteroatoms. The van der Waals surface area contributed by atoms with Crippen molar-refractivity contribution in [1.82, 2.24) is 4.98 Å². The summed E-state index contributed by atoms with van der Waals surface area (Å²) in [5.74, 6) is 0. The number of halogens is 1. The highest BCUT2D eigenvalue weighted by Gasteiger charge is 2.32. The molecule has 2 nitrogen and oxygen atoms in total. The van der Waals surface area contributed by atoms with Crippen molar-refractivity contribution < 1.29 is 5.11 Å². The van der Waals surface area contributed by atoms with Crippen molar-refractivity contribution in [1.29, 1.82) is 0 Å². The standard InChI is InChI=1S/C24H26ClNO/c1-4-13-24(2,3)23(27)20(15-17-8-7-14-26-16-17)22-19-10-6-5-9-18(19)11-12-21(22)25/h5-12,14-16,23,27H,4,13H2,1-3H3/b20-15+. The SMILES string of the molecule is CCCC(C)(C)C(O)/C(=C/c1cccnc1)c1c(Cl)ccc2ccccc12. The molecule has 1 atom stereocenters. The van der Waals surface area contributed by atoms with E-state index in [1.165, 1.54) is 0 Å². The number of rotatable bonds is 6. The smallest absolute Gasteiger partial charge is 0.0847 e. The number of hydrogen-bond donors (Lipinski definition) is 1. The van der Waals surface area contributed by atoms with Gasteiger partial charge in [-0.3, -0.25) is 4.98 Å². The number of aliphatic hydroxyl groups excluding tert-OH is 1. The first-order chi connectivity index (χ1) is 12.9. The van der Waals surface area contributed by atoms with Gasteiger partial charge < -0.3 is 5.11 Å². The molecule has 0 aliphatic carbocycles. The number of pyridine rings is 1. The maximum atomic E-state index is 11.4. The predicted octanol–water partition coefficient (Wildman–Crippen LogP) is 6.62. The van der Waals surface area contributed by atoms with E-state index in [1.807, 2.05) is 42.5 Å². The number of nitrogens with zero attached hydrogens (tertiary/aromatic N) is 1. The van der Waals surface area contributed by atoms with E-state index in [1.54, 1.807) is 12.4 Å². The fourth-order valence-electron chi connectivity index (χ4n) is 3.67. The van der Waals surface area contributed by atoms with Gasteiger partial charge in [-0.05, 0) is 52.0 Å². The molecular formula is C24H26ClNO. The Hall–Kier alpha value is -2.16. The summed E-state index contributed by atoms with van der Waals surface area (Å²) in [4.78, 5) is 4.21. The lowest BCUT2D eigenvalue weighted by atomic mass is 9.76. The van der Waals surface area contributed by atoms with Crippen molar-refractivity contribution in [3.8, 4) is 0 Å². The van der Waals surface area contributed by atoms with Gasteiger partial charge in [0.25, 0.3) is 0 Å². The van der Waals surface area contributed by atoms with Crippen LogP contribution < -0.4 is 0 Å². The van der Waals surface area contributed by atoms with E-state index in [-0.39, 0.29) is 5.41 Å². The molecule has 3 aromatic rings. The molecule has 1 N–H and O–H groups in total. The van der Waals surface area contributed by atoms with Crippen molar-refractivity contribution in [3.05, 3.63) is 77.1 Å². The number of fused-ring (bicyclic) bond motifs is 1. The topological polar surface area (TPSA) is 33.1 Å². The molecule has 2 aromatic carbocycles. The second-order valence-corrected chi connectivity index (χ2v) is 8.08. The van der Waals surface area contributed by atoms with Crippen LogP contribution >= 0.6 is 11.6 Å². The molecule has 0 saturated heterocycles. The van der Waals surface area contributed by atoms with Crippen LogP contribution in [0.25, 0.3) is 22.4 Å². The van der Waals surface area contributed by atoms with Gasteiger partial charge in [0.15, 0.2) is 0 Å². The number of benzene rings is 2. The van der Waals surface area contributed by atoms with Gasteiger partial charge in [-0.15, -0.1) is 0 Å². The molecule has 0 spiro atoms. The molecule has 1 aromatic heterocycles. The summed E-state index contributed by atoms with van der Waals surface area (Å²) < 4.78 is 0. The van der Waals surface area contributed by atoms with E-state index < -0.39 is 6.10 Å². The lowest BCUT2D eigenvalue weighted by molar-refractivity contribution is 0.0915. The predicted molar refractivity (Wildman–Crippen MR) is 116 cm³/mol. The molecule has 1 unspecified atom stereocenters. The Morgan fingerprint density at radius 3 is 2.63 bits per heavy atom. The highest BCUT2D eigenvalue weighted by Crippen LogP contribution is 2.41. The number of aromatic nitrogens is 1. The maximum absolute atomic E-state index is 11.4. The van der Waals surface area contributed by atoms with Gasteiger partial charge in [-0.25, -0.2) is 0 Å². The summed E-state index contributed by atoms with van der Waals surface area (Å²) in [7, 11) is 0. The summed E-state index contributed by atoms with van der Waals surface area (Å²) >= 11 is 6.67. The van der Waals surface area contributed by atoms with Crippen LogP contribution in [0.3, 0.4) is 0 Å². The zero-order valence-corrected chi connectivity index (χ0v) is 16.9. The first-order valence-corrected chi connectivity index (χ1v) is 9.79. The minimum absolute atomic E-state index is 0.275. The summed E-state index contributed by atoms with van der Waals surface area (Å²) in [6.07, 6.45) is 6.84. The van der Waals surface area contributed by atoms with Gasteiger partial charge in [0, 0.05) is 23.0 Å². The molecule has 1 heterocycles. The summed E-state index contributed by atoms with van der Waals surface area (Å²) in [5, 5.41) is 14.2. The van der Waals surface area contributed by atoms with Crippen LogP contribution in [0.15, 0.2) is 60.9 Å². The fraction of sp³-hybridized carbons (Fsp3) is 0.292. The Kier molecular flexibility index (Phi) is 5.98. The zero-order chi connectivity index (χ0) is 19.4. The van der Waals surface area contributed by atoms with E-state index in [9.17, 15) is 5.11 Å². The third-order valence-electron chi connectivity index (χ3n) is 5.10. The lowest BCUT2D eigenvalue weighted by Crippen LogP contribution is -2.30. The van der Waals surface area contributed by atoms with Crippen LogP contribution in [0, 0.1) is 5.41 Å². The minimum Gasteiger partial charge on any atom is -0.388 e. The maximum Gasteiger partial charge on any atom is 0.0847 e. The van der Waals surface area contributed by atoms with Gasteiger partial charge in [-0.2, -0.15) is 0 Å². The van der Waals surface area contributed by atoms with Gasteiger partial charge in [-0.1, -0.05) is 75.2 Å². The molecule has 0 aliphatic rings. The molecule has 0 saturated carbocycles. The average Bonchev–Trinajstić information content (AvgIpc) is 2.67. The summed E-state index contributed by atoms with van der Waals surface area (Å²) in [6, 6.07) is 16.0. The van der Waals surface area contributed by atoms with E-state index in [0.717, 1.165) is 40.3 Å². The first-order valence-electron chi connectivity index (χ1n) is 9.41. The highest BCUT2D eigenvalue weighted by molar-refractivity contribution is 6.34. The Morgan fingerprint density at radius 1 is 1.15 bits per heavy atom. The molecule has 0 amide bonds. The Bertz CT molecular complexity index is 947. The summed E-state index contributed by atoms with van der Waals surface area (Å²) in [5.41, 5.74) is 2.41. The average molecular weight is 380 g/mol. The van der Waals surface area contributed by atoms with E-state index in [2.05, 4.69) is 37.9 Å². The quantitative estimate of drug-likeness (QED) is 0.522. The van der Waals surface area contributed by atoms with Crippen LogP contribution in [0.2, 0.25) is 5.02 Å². The molecule has 0 radical (unpaired) electrons.